The molecule has 0 unspecified atom stereocenters. The number of unbranched alkanes of at least 4 members (excludes halogenated alkanes) is 1. The molecule has 0 amide bonds. The number of rotatable bonds is 5. The van der Waals surface area contributed by atoms with Crippen LogP contribution in [0.5, 0.6) is 0 Å². The summed E-state index contributed by atoms with van der Waals surface area (Å²) in [6.07, 6.45) is 7.77. The fraction of sp³-hybridized carbons (Fsp3) is 0.375. The number of allylic oxidation sites excluding steroid dienone is 3. The Morgan fingerprint density at radius 1 is 1.40 bits per heavy atom. The highest BCUT2D eigenvalue weighted by Crippen LogP contribution is 1.95. The lowest BCUT2D eigenvalue weighted by Crippen LogP contribution is -1.78. The predicted octanol–water partition coefficient (Wildman–Crippen LogP) is 2.66. The van der Waals surface area contributed by atoms with Crippen LogP contribution in [0.25, 0.3) is 0 Å². The van der Waals surface area contributed by atoms with E-state index < -0.39 is 0 Å². The van der Waals surface area contributed by atoms with Gasteiger partial charge in [0.25, 0.3) is 0 Å². The Morgan fingerprint density at radius 2 is 2.10 bits per heavy atom. The number of hydrogen-bond donors (Lipinski definition) is 0. The molecular weight excluding hydrogens is 148 g/mol. The summed E-state index contributed by atoms with van der Waals surface area (Å²) in [6, 6.07) is 0. The topological polar surface area (TPSA) is 17.1 Å². The molecule has 0 fully saturated rings. The first-order chi connectivity index (χ1) is 4.77. The lowest BCUT2D eigenvalue weighted by atomic mass is 10.3. The first-order valence-electron chi connectivity index (χ1n) is 3.21. The second-order valence-corrected chi connectivity index (χ2v) is 2.32. The van der Waals surface area contributed by atoms with Crippen molar-refractivity contribution < 1.29 is 4.79 Å². The number of carbonyl (C=O) groups is 1. The van der Waals surface area contributed by atoms with Crippen molar-refractivity contribution in [2.75, 3.05) is 0 Å². The van der Waals surface area contributed by atoms with Crippen LogP contribution in [-0.2, 0) is 4.79 Å². The molecule has 0 spiro atoms. The van der Waals surface area contributed by atoms with Crippen LogP contribution >= 0.6 is 11.6 Å². The average Bonchev–Trinajstić information content (AvgIpc) is 1.87. The lowest BCUT2D eigenvalue weighted by Gasteiger charge is -1.83. The van der Waals surface area contributed by atoms with Crippen LogP contribution in [0.3, 0.4) is 0 Å². The van der Waals surface area contributed by atoms with E-state index in [1.807, 2.05) is 12.2 Å². The zero-order valence-corrected chi connectivity index (χ0v) is 6.60. The van der Waals surface area contributed by atoms with Crippen molar-refractivity contribution in [3.8, 4) is 0 Å². The van der Waals surface area contributed by atoms with Gasteiger partial charge in [0.2, 0.25) is 5.24 Å². The first-order valence-corrected chi connectivity index (χ1v) is 3.59. The van der Waals surface area contributed by atoms with Gasteiger partial charge in [0.05, 0.1) is 0 Å². The molecule has 0 aliphatic rings. The van der Waals surface area contributed by atoms with Crippen molar-refractivity contribution in [1.82, 2.24) is 0 Å². The van der Waals surface area contributed by atoms with E-state index >= 15 is 0 Å². The molecule has 56 valence electrons. The molecule has 0 saturated heterocycles. The first kappa shape index (κ1) is 9.44. The molecule has 0 N–H and O–H groups in total. The Balaban J connectivity index is 3.20. The van der Waals surface area contributed by atoms with Crippen LogP contribution < -0.4 is 0 Å². The second kappa shape index (κ2) is 6.56. The maximum atomic E-state index is 10.2. The molecule has 0 aromatic carbocycles. The average molecular weight is 159 g/mol. The van der Waals surface area contributed by atoms with Gasteiger partial charge in [-0.2, -0.15) is 0 Å². The Morgan fingerprint density at radius 3 is 2.60 bits per heavy atom. The van der Waals surface area contributed by atoms with Gasteiger partial charge in [-0.3, -0.25) is 4.79 Å². The van der Waals surface area contributed by atoms with E-state index in [4.69, 9.17) is 11.6 Å². The van der Waals surface area contributed by atoms with Crippen LogP contribution in [0.2, 0.25) is 0 Å². The normalized spacial score (nSPS) is 10.1. The monoisotopic (exact) mass is 158 g/mol. The van der Waals surface area contributed by atoms with Crippen molar-refractivity contribution in [3.05, 3.63) is 24.8 Å². The Labute approximate surface area is 66.4 Å². The maximum Gasteiger partial charge on any atom is 0.225 e. The van der Waals surface area contributed by atoms with Crippen molar-refractivity contribution >= 4 is 16.8 Å². The van der Waals surface area contributed by atoms with E-state index in [1.165, 1.54) is 0 Å². The quantitative estimate of drug-likeness (QED) is 0.342. The summed E-state index contributed by atoms with van der Waals surface area (Å²) in [5, 5.41) is -0.310. The van der Waals surface area contributed by atoms with Crippen LogP contribution in [0.4, 0.5) is 0 Å². The van der Waals surface area contributed by atoms with Crippen LogP contribution in [0.1, 0.15) is 19.3 Å². The number of halogens is 1. The molecule has 0 aromatic rings. The highest BCUT2D eigenvalue weighted by Gasteiger charge is 1.87. The molecule has 0 heterocycles. The summed E-state index contributed by atoms with van der Waals surface area (Å²) in [6.45, 7) is 3.57. The molecule has 1 nitrogen and oxygen atoms in total. The zero-order chi connectivity index (χ0) is 7.82. The molecule has 2 heteroatoms. The summed E-state index contributed by atoms with van der Waals surface area (Å²) in [7, 11) is 0. The third kappa shape index (κ3) is 7.44. The predicted molar refractivity (Wildman–Crippen MR) is 44.0 cm³/mol. The molecular formula is C8H11ClO. The summed E-state index contributed by atoms with van der Waals surface area (Å²) < 4.78 is 0. The van der Waals surface area contributed by atoms with Crippen molar-refractivity contribution in [1.29, 1.82) is 0 Å². The molecule has 10 heavy (non-hydrogen) atoms. The highest BCUT2D eigenvalue weighted by molar-refractivity contribution is 6.63. The molecule has 0 atom stereocenters. The maximum absolute atomic E-state index is 10.2. The minimum absolute atomic E-state index is 0.310. The summed E-state index contributed by atoms with van der Waals surface area (Å²) in [5.41, 5.74) is 0. The fourth-order valence-corrected chi connectivity index (χ4v) is 0.597. The van der Waals surface area contributed by atoms with Crippen molar-refractivity contribution in [3.63, 3.8) is 0 Å². The van der Waals surface area contributed by atoms with E-state index in [2.05, 4.69) is 6.58 Å². The Hall–Kier alpha value is -0.560. The SMILES string of the molecule is C=CCCC=CCC(=O)Cl. The second-order valence-electron chi connectivity index (χ2n) is 1.90. The Kier molecular flexibility index (Phi) is 6.19. The van der Waals surface area contributed by atoms with Gasteiger partial charge in [-0.15, -0.1) is 6.58 Å². The highest BCUT2D eigenvalue weighted by atomic mass is 35.5. The van der Waals surface area contributed by atoms with Crippen LogP contribution in [0, 0.1) is 0 Å². The number of carbonyl (C=O) groups excluding carboxylic acids is 1. The summed E-state index contributed by atoms with van der Waals surface area (Å²) in [4.78, 5) is 10.2. The van der Waals surface area contributed by atoms with E-state index in [0.717, 1.165) is 12.8 Å². The third-order valence-corrected chi connectivity index (χ3v) is 1.14. The minimum Gasteiger partial charge on any atom is -0.281 e. The number of hydrogen-bond acceptors (Lipinski definition) is 1. The van der Waals surface area contributed by atoms with E-state index in [1.54, 1.807) is 6.08 Å². The largest absolute Gasteiger partial charge is 0.281 e. The Bertz CT molecular complexity index is 138. The molecule has 0 saturated carbocycles. The standard InChI is InChI=1S/C8H11ClO/c1-2-3-4-5-6-7-8(9)10/h2,5-6H,1,3-4,7H2. The minimum atomic E-state index is -0.310. The smallest absolute Gasteiger partial charge is 0.225 e. The molecule has 0 radical (unpaired) electrons. The van der Waals surface area contributed by atoms with E-state index in [0.29, 0.717) is 6.42 Å². The molecule has 0 aromatic heterocycles. The molecule has 0 rings (SSSR count). The van der Waals surface area contributed by atoms with Gasteiger partial charge in [-0.05, 0) is 24.4 Å². The third-order valence-electron chi connectivity index (χ3n) is 0.982. The van der Waals surface area contributed by atoms with Gasteiger partial charge in [0, 0.05) is 6.42 Å². The molecule has 0 bridgehead atoms. The van der Waals surface area contributed by atoms with Crippen LogP contribution in [0.15, 0.2) is 24.8 Å². The summed E-state index contributed by atoms with van der Waals surface area (Å²) in [5.74, 6) is 0. The van der Waals surface area contributed by atoms with E-state index in [9.17, 15) is 4.79 Å². The van der Waals surface area contributed by atoms with Crippen molar-refractivity contribution in [2.24, 2.45) is 0 Å². The fourth-order valence-electron chi connectivity index (χ4n) is 0.508. The lowest BCUT2D eigenvalue weighted by molar-refractivity contribution is -0.110. The van der Waals surface area contributed by atoms with Gasteiger partial charge in [0.15, 0.2) is 0 Å². The summed E-state index contributed by atoms with van der Waals surface area (Å²) >= 11 is 5.08. The van der Waals surface area contributed by atoms with Gasteiger partial charge in [-0.25, -0.2) is 0 Å². The zero-order valence-electron chi connectivity index (χ0n) is 5.85. The van der Waals surface area contributed by atoms with Gasteiger partial charge in [-0.1, -0.05) is 18.2 Å². The molecule has 0 aliphatic carbocycles. The van der Waals surface area contributed by atoms with E-state index in [-0.39, 0.29) is 5.24 Å². The van der Waals surface area contributed by atoms with Crippen LogP contribution in [-0.4, -0.2) is 5.24 Å². The van der Waals surface area contributed by atoms with Crippen molar-refractivity contribution in [2.45, 2.75) is 19.3 Å². The molecule has 0 aliphatic heterocycles. The van der Waals surface area contributed by atoms with Gasteiger partial charge < -0.3 is 0 Å². The van der Waals surface area contributed by atoms with Gasteiger partial charge >= 0.3 is 0 Å². The van der Waals surface area contributed by atoms with Gasteiger partial charge in [0.1, 0.15) is 0 Å².